The first-order chi connectivity index (χ1) is 16.8. The molecule has 6 unspecified atom stereocenters. The molecule has 1 fully saturated rings. The van der Waals surface area contributed by atoms with Crippen molar-refractivity contribution >= 4 is 41.6 Å². The molecule has 20 heteroatoms. The summed E-state index contributed by atoms with van der Waals surface area (Å²) in [6.07, 6.45) is 1.01. The lowest BCUT2D eigenvalue weighted by atomic mass is 10.2. The van der Waals surface area contributed by atoms with Gasteiger partial charge in [-0.25, -0.2) is 18.6 Å². The molecule has 0 radical (unpaired) electrons. The maximum Gasteiger partial charge on any atom is 0.333 e. The van der Waals surface area contributed by atoms with Crippen LogP contribution in [0.25, 0.3) is 21.5 Å². The number of nitrogen functional groups attached to an aromatic ring is 1. The number of nitrogens with two attached hydrogens (primary N) is 2. The molecule has 0 aromatic carbocycles. The molecule has 3 heterocycles. The number of aromatic nitrogens is 3. The Hall–Kier alpha value is -2.30. The van der Waals surface area contributed by atoms with Gasteiger partial charge in [0.1, 0.15) is 36.9 Å². The topological polar surface area (TPSA) is 249 Å². The van der Waals surface area contributed by atoms with Crippen molar-refractivity contribution in [3.8, 4) is 11.8 Å². The van der Waals surface area contributed by atoms with Gasteiger partial charge in [0.25, 0.3) is 0 Å². The lowest BCUT2D eigenvalue weighted by molar-refractivity contribution is -0.0547. The van der Waals surface area contributed by atoms with E-state index in [9.17, 15) is 13.7 Å². The van der Waals surface area contributed by atoms with Crippen molar-refractivity contribution in [1.29, 1.82) is 0 Å². The molecule has 0 bridgehead atoms. The van der Waals surface area contributed by atoms with Gasteiger partial charge in [-0.2, -0.15) is 0 Å². The van der Waals surface area contributed by atoms with Gasteiger partial charge in [-0.1, -0.05) is 17.0 Å². The highest BCUT2D eigenvalue weighted by Gasteiger charge is 2.38. The Bertz CT molecular complexity index is 1240. The molecule has 0 saturated carbocycles. The number of ether oxygens (including phenoxy) is 2. The second-order valence-corrected chi connectivity index (χ2v) is 10.1. The molecule has 5 N–H and O–H groups in total. The Kier molecular flexibility index (Phi) is 10.2. The Balaban J connectivity index is 1.79. The summed E-state index contributed by atoms with van der Waals surface area (Å²) < 4.78 is 60.7. The Morgan fingerprint density at radius 1 is 1.34 bits per heavy atom. The van der Waals surface area contributed by atoms with Gasteiger partial charge in [0, 0.05) is 17.5 Å². The van der Waals surface area contributed by atoms with Gasteiger partial charge in [-0.3, -0.25) is 13.7 Å². The number of azide groups is 1. The van der Waals surface area contributed by atoms with E-state index in [4.69, 9.17) is 35.9 Å². The molecule has 6 atom stereocenters. The smallest absolute Gasteiger partial charge is 0.333 e. The van der Waals surface area contributed by atoms with Gasteiger partial charge in [0.05, 0.1) is 30.2 Å². The first-order valence-corrected chi connectivity index (χ1v) is 13.4. The van der Waals surface area contributed by atoms with Crippen LogP contribution in [0.5, 0.6) is 0 Å². The van der Waals surface area contributed by atoms with E-state index >= 15 is 0 Å². The van der Waals surface area contributed by atoms with Crippen LogP contribution in [0.3, 0.4) is 0 Å². The lowest BCUT2D eigenvalue weighted by Crippen LogP contribution is -2.28. The van der Waals surface area contributed by atoms with Crippen molar-refractivity contribution in [1.82, 2.24) is 14.5 Å². The Labute approximate surface area is 199 Å². The van der Waals surface area contributed by atoms with Gasteiger partial charge >= 0.3 is 24.8 Å². The number of hydrogen-bond acceptors (Lipinski definition) is 13. The monoisotopic (exact) mass is 550 g/mol. The second kappa shape index (κ2) is 13.1. The fraction of sp³-hybridized carbons (Fsp3) is 0.467. The predicted octanol–water partition coefficient (Wildman–Crippen LogP) is 1.48. The average molecular weight is 550 g/mol. The van der Waals surface area contributed by atoms with E-state index in [0.29, 0.717) is 16.6 Å². The van der Waals surface area contributed by atoms with Gasteiger partial charge < -0.3 is 34.9 Å². The third kappa shape index (κ3) is 7.35. The zero-order chi connectivity index (χ0) is 25.4. The zero-order valence-corrected chi connectivity index (χ0v) is 20.8. The fourth-order valence-electron chi connectivity index (χ4n) is 3.26. The lowest BCUT2D eigenvalue weighted by Gasteiger charge is -2.18. The van der Waals surface area contributed by atoms with Crippen molar-refractivity contribution in [2.45, 2.75) is 24.9 Å². The molecule has 2 aromatic heterocycles. The highest BCUT2D eigenvalue weighted by atomic mass is 31.2. The maximum absolute atomic E-state index is 11.9. The molecule has 0 amide bonds. The molecule has 3 rings (SSSR count). The van der Waals surface area contributed by atoms with Crippen molar-refractivity contribution in [3.05, 3.63) is 28.5 Å². The minimum absolute atomic E-state index is 0.128. The summed E-state index contributed by atoms with van der Waals surface area (Å²) in [6, 6.07) is 0. The second-order valence-electron chi connectivity index (χ2n) is 6.62. The average Bonchev–Trinajstić information content (AvgIpc) is 3.38. The molecule has 1 aliphatic heterocycles. The van der Waals surface area contributed by atoms with Crippen molar-refractivity contribution in [2.75, 3.05) is 25.6 Å². The summed E-state index contributed by atoms with van der Waals surface area (Å²) in [5.41, 5.74) is 21.0. The molecule has 0 aliphatic carbocycles. The molecule has 2 aromatic rings. The number of fused-ring (bicyclic) bond motifs is 1. The largest absolute Gasteiger partial charge is 0.383 e. The summed E-state index contributed by atoms with van der Waals surface area (Å²) >= 11 is 0. The van der Waals surface area contributed by atoms with E-state index in [1.807, 2.05) is 0 Å². The number of rotatable bonds is 11. The SMILES string of the molecule is [N-]=[N+]=NCOC1CC(n2cc(C#CCN)c3c(N)ncnc32)OC1CO[PH](=O)O[PH](=O)O[PH](=O)O. The standard InChI is InChI=1S/C15H21N8O9P3/c16-3-1-2-9-5-23(15-13(9)14(17)19-7-20-15)12-4-10(28-8-21-22-18)11(30-12)6-29-34(26)32-35(27)31-33(24)25/h5,7,10-12,33-35H,3-4,6,8,16H2,(H,24,25)(H2,17,19,20). The predicted molar refractivity (Wildman–Crippen MR) is 123 cm³/mol. The molecule has 1 aliphatic rings. The van der Waals surface area contributed by atoms with E-state index < -0.39 is 43.2 Å². The molecular formula is C15H21N8O9P3. The first-order valence-electron chi connectivity index (χ1n) is 9.71. The minimum atomic E-state index is -3.54. The van der Waals surface area contributed by atoms with Crippen LogP contribution in [0.4, 0.5) is 5.82 Å². The van der Waals surface area contributed by atoms with Crippen molar-refractivity contribution < 1.29 is 41.2 Å². The molecule has 0 spiro atoms. The van der Waals surface area contributed by atoms with Crippen molar-refractivity contribution in [3.63, 3.8) is 0 Å². The van der Waals surface area contributed by atoms with Gasteiger partial charge in [0.15, 0.2) is 0 Å². The maximum atomic E-state index is 11.9. The van der Waals surface area contributed by atoms with Crippen LogP contribution in [0.2, 0.25) is 0 Å². The third-order valence-corrected chi connectivity index (χ3v) is 7.67. The summed E-state index contributed by atoms with van der Waals surface area (Å²) in [5.74, 6) is 5.88. The van der Waals surface area contributed by atoms with E-state index in [2.05, 4.69) is 40.5 Å². The molecule has 17 nitrogen and oxygen atoms in total. The van der Waals surface area contributed by atoms with E-state index in [-0.39, 0.29) is 32.1 Å². The van der Waals surface area contributed by atoms with E-state index in [1.54, 1.807) is 10.8 Å². The summed E-state index contributed by atoms with van der Waals surface area (Å²) in [4.78, 5) is 19.5. The van der Waals surface area contributed by atoms with Crippen LogP contribution in [-0.2, 0) is 36.3 Å². The van der Waals surface area contributed by atoms with Crippen LogP contribution in [0, 0.1) is 11.8 Å². The number of hydrogen-bond donors (Lipinski definition) is 3. The summed E-state index contributed by atoms with van der Waals surface area (Å²) in [7, 11) is -10.4. The highest BCUT2D eigenvalue weighted by Crippen LogP contribution is 2.45. The van der Waals surface area contributed by atoms with Gasteiger partial charge in [0.2, 0.25) is 0 Å². The quantitative estimate of drug-likeness (QED) is 0.118. The van der Waals surface area contributed by atoms with Crippen LogP contribution < -0.4 is 11.5 Å². The normalized spacial score (nSPS) is 22.2. The van der Waals surface area contributed by atoms with Crippen LogP contribution in [-0.4, -0.2) is 51.5 Å². The molecule has 35 heavy (non-hydrogen) atoms. The summed E-state index contributed by atoms with van der Waals surface area (Å²) in [6.45, 7) is -0.516. The zero-order valence-electron chi connectivity index (χ0n) is 17.8. The Morgan fingerprint density at radius 2 is 2.14 bits per heavy atom. The molecular weight excluding hydrogens is 529 g/mol. The van der Waals surface area contributed by atoms with Gasteiger partial charge in [-0.05, 0) is 5.53 Å². The van der Waals surface area contributed by atoms with E-state index in [1.165, 1.54) is 6.33 Å². The summed E-state index contributed by atoms with van der Waals surface area (Å²) in [5, 5.41) is 3.84. The van der Waals surface area contributed by atoms with Crippen LogP contribution in [0.15, 0.2) is 17.6 Å². The molecule has 1 saturated heterocycles. The van der Waals surface area contributed by atoms with Crippen LogP contribution in [0.1, 0.15) is 18.2 Å². The Morgan fingerprint density at radius 3 is 2.86 bits per heavy atom. The molecule has 190 valence electrons. The van der Waals surface area contributed by atoms with Crippen LogP contribution >= 0.6 is 24.8 Å². The minimum Gasteiger partial charge on any atom is -0.383 e. The van der Waals surface area contributed by atoms with Gasteiger partial charge in [-0.15, -0.1) is 0 Å². The number of anilines is 1. The fourth-order valence-corrected chi connectivity index (χ4v) is 5.45. The van der Waals surface area contributed by atoms with E-state index in [0.717, 1.165) is 0 Å². The number of nitrogens with zero attached hydrogens (tertiary/aromatic N) is 6. The highest BCUT2D eigenvalue weighted by molar-refractivity contribution is 7.53. The van der Waals surface area contributed by atoms with Crippen molar-refractivity contribution in [2.24, 2.45) is 10.8 Å². The first kappa shape index (κ1) is 27.3. The third-order valence-electron chi connectivity index (χ3n) is 4.57.